The van der Waals surface area contributed by atoms with Crippen molar-refractivity contribution in [3.05, 3.63) is 71.7 Å². The van der Waals surface area contributed by atoms with Crippen LogP contribution in [0.25, 0.3) is 0 Å². The highest BCUT2D eigenvalue weighted by Gasteiger charge is 2.13. The molecule has 1 saturated heterocycles. The first-order chi connectivity index (χ1) is 14.1. The highest BCUT2D eigenvalue weighted by molar-refractivity contribution is 6.03. The number of aryl methyl sites for hydroxylation is 2. The van der Waals surface area contributed by atoms with Crippen molar-refractivity contribution in [3.8, 4) is 0 Å². The quantitative estimate of drug-likeness (QED) is 0.665. The van der Waals surface area contributed by atoms with Crippen LogP contribution in [0.2, 0.25) is 0 Å². The molecule has 2 N–H and O–H groups in total. The minimum absolute atomic E-state index is 0.261. The van der Waals surface area contributed by atoms with Crippen LogP contribution in [0.5, 0.6) is 0 Å². The van der Waals surface area contributed by atoms with Crippen LogP contribution in [0.1, 0.15) is 34.5 Å². The van der Waals surface area contributed by atoms with Gasteiger partial charge < -0.3 is 15.5 Å². The largest absolute Gasteiger partial charge is 0.372 e. The molecular formula is C23H25N5O. The summed E-state index contributed by atoms with van der Waals surface area (Å²) in [4.78, 5) is 23.3. The number of anilines is 4. The minimum atomic E-state index is -0.261. The SMILES string of the molecule is Cc1ccc(NC(=O)c2cc(Nc3ccc(N4CCCC4)cc3)ncn2)cc1C. The van der Waals surface area contributed by atoms with E-state index in [4.69, 9.17) is 0 Å². The molecule has 29 heavy (non-hydrogen) atoms. The van der Waals surface area contributed by atoms with Crippen molar-refractivity contribution in [2.75, 3.05) is 28.6 Å². The van der Waals surface area contributed by atoms with Gasteiger partial charge in [0.05, 0.1) is 0 Å². The van der Waals surface area contributed by atoms with E-state index in [1.807, 2.05) is 44.2 Å². The molecule has 1 aliphatic heterocycles. The number of rotatable bonds is 5. The van der Waals surface area contributed by atoms with Crippen LogP contribution in [0.15, 0.2) is 54.9 Å². The molecule has 0 unspecified atom stereocenters. The van der Waals surface area contributed by atoms with Crippen molar-refractivity contribution in [1.29, 1.82) is 0 Å². The Morgan fingerprint density at radius 3 is 2.34 bits per heavy atom. The van der Waals surface area contributed by atoms with Crippen LogP contribution < -0.4 is 15.5 Å². The molecule has 0 aliphatic carbocycles. The van der Waals surface area contributed by atoms with Crippen LogP contribution in [-0.2, 0) is 0 Å². The number of hydrogen-bond acceptors (Lipinski definition) is 5. The van der Waals surface area contributed by atoms with Crippen molar-refractivity contribution in [2.45, 2.75) is 26.7 Å². The zero-order valence-electron chi connectivity index (χ0n) is 16.8. The molecule has 0 atom stereocenters. The van der Waals surface area contributed by atoms with Gasteiger partial charge in [-0.05, 0) is 74.2 Å². The van der Waals surface area contributed by atoms with E-state index in [9.17, 15) is 4.79 Å². The standard InChI is InChI=1S/C23H25N5O/c1-16-5-6-19(13-17(16)2)27-23(29)21-14-22(25-15-24-21)26-18-7-9-20(10-8-18)28-11-3-4-12-28/h5-10,13-15H,3-4,11-12H2,1-2H3,(H,27,29)(H,24,25,26). The Hall–Kier alpha value is -3.41. The Morgan fingerprint density at radius 1 is 0.897 bits per heavy atom. The maximum absolute atomic E-state index is 12.6. The van der Waals surface area contributed by atoms with Gasteiger partial charge in [-0.2, -0.15) is 0 Å². The van der Waals surface area contributed by atoms with Crippen molar-refractivity contribution >= 4 is 28.8 Å². The molecule has 4 rings (SSSR count). The van der Waals surface area contributed by atoms with E-state index in [1.54, 1.807) is 6.07 Å². The molecular weight excluding hydrogens is 362 g/mol. The second-order valence-electron chi connectivity index (χ2n) is 7.41. The molecule has 6 nitrogen and oxygen atoms in total. The average molecular weight is 387 g/mol. The molecule has 0 saturated carbocycles. The maximum atomic E-state index is 12.6. The Bertz CT molecular complexity index is 1010. The van der Waals surface area contributed by atoms with Crippen LogP contribution >= 0.6 is 0 Å². The van der Waals surface area contributed by atoms with Gasteiger partial charge in [-0.25, -0.2) is 9.97 Å². The lowest BCUT2D eigenvalue weighted by molar-refractivity contribution is 0.102. The van der Waals surface area contributed by atoms with Crippen molar-refractivity contribution in [3.63, 3.8) is 0 Å². The summed E-state index contributed by atoms with van der Waals surface area (Å²) in [6.45, 7) is 6.31. The molecule has 6 heteroatoms. The number of amides is 1. The zero-order chi connectivity index (χ0) is 20.2. The fraction of sp³-hybridized carbons (Fsp3) is 0.261. The highest BCUT2D eigenvalue weighted by atomic mass is 16.1. The van der Waals surface area contributed by atoms with E-state index < -0.39 is 0 Å². The van der Waals surface area contributed by atoms with Gasteiger partial charge in [-0.3, -0.25) is 4.79 Å². The lowest BCUT2D eigenvalue weighted by atomic mass is 10.1. The number of aromatic nitrogens is 2. The van der Waals surface area contributed by atoms with Gasteiger partial charge in [0.25, 0.3) is 5.91 Å². The number of nitrogens with zero attached hydrogens (tertiary/aromatic N) is 3. The van der Waals surface area contributed by atoms with Crippen molar-refractivity contribution in [1.82, 2.24) is 9.97 Å². The van der Waals surface area contributed by atoms with Gasteiger partial charge in [0.1, 0.15) is 17.8 Å². The summed E-state index contributed by atoms with van der Waals surface area (Å²) in [7, 11) is 0. The number of carbonyl (C=O) groups is 1. The normalized spacial score (nSPS) is 13.4. The average Bonchev–Trinajstić information content (AvgIpc) is 3.26. The lowest BCUT2D eigenvalue weighted by Gasteiger charge is -2.17. The number of nitrogens with one attached hydrogen (secondary N) is 2. The summed E-state index contributed by atoms with van der Waals surface area (Å²) in [5, 5.41) is 6.14. The van der Waals surface area contributed by atoms with Crippen LogP contribution in [0.3, 0.4) is 0 Å². The van der Waals surface area contributed by atoms with E-state index in [0.717, 1.165) is 30.0 Å². The molecule has 0 spiro atoms. The number of carbonyl (C=O) groups excluding carboxylic acids is 1. The molecule has 2 aromatic carbocycles. The third-order valence-electron chi connectivity index (χ3n) is 5.28. The first-order valence-corrected chi connectivity index (χ1v) is 9.91. The Morgan fingerprint density at radius 2 is 1.62 bits per heavy atom. The first-order valence-electron chi connectivity index (χ1n) is 9.91. The van der Waals surface area contributed by atoms with E-state index in [1.165, 1.54) is 30.4 Å². The predicted octanol–water partition coefficient (Wildman–Crippen LogP) is 4.69. The topological polar surface area (TPSA) is 70.2 Å². The van der Waals surface area contributed by atoms with Gasteiger partial charge in [0.2, 0.25) is 0 Å². The third-order valence-corrected chi connectivity index (χ3v) is 5.28. The van der Waals surface area contributed by atoms with Crippen molar-refractivity contribution in [2.24, 2.45) is 0 Å². The fourth-order valence-corrected chi connectivity index (χ4v) is 3.44. The second-order valence-corrected chi connectivity index (χ2v) is 7.41. The fourth-order valence-electron chi connectivity index (χ4n) is 3.44. The zero-order valence-corrected chi connectivity index (χ0v) is 16.8. The van der Waals surface area contributed by atoms with E-state index in [2.05, 4.69) is 37.6 Å². The second kappa shape index (κ2) is 8.31. The Kier molecular flexibility index (Phi) is 5.42. The third kappa shape index (κ3) is 4.54. The summed E-state index contributed by atoms with van der Waals surface area (Å²) in [6, 6.07) is 15.8. The van der Waals surface area contributed by atoms with Gasteiger partial charge in [-0.1, -0.05) is 6.07 Å². The smallest absolute Gasteiger partial charge is 0.274 e. The summed E-state index contributed by atoms with van der Waals surface area (Å²) in [6.07, 6.45) is 3.91. The molecule has 0 bridgehead atoms. The Balaban J connectivity index is 1.43. The molecule has 1 aliphatic rings. The van der Waals surface area contributed by atoms with Gasteiger partial charge >= 0.3 is 0 Å². The Labute approximate surface area is 171 Å². The van der Waals surface area contributed by atoms with Crippen LogP contribution in [0, 0.1) is 13.8 Å². The molecule has 3 aromatic rings. The molecule has 1 fully saturated rings. The van der Waals surface area contributed by atoms with E-state index in [-0.39, 0.29) is 5.91 Å². The maximum Gasteiger partial charge on any atom is 0.274 e. The molecule has 148 valence electrons. The molecule has 1 amide bonds. The molecule has 2 heterocycles. The minimum Gasteiger partial charge on any atom is -0.372 e. The number of hydrogen-bond donors (Lipinski definition) is 2. The summed E-state index contributed by atoms with van der Waals surface area (Å²) < 4.78 is 0. The van der Waals surface area contributed by atoms with E-state index >= 15 is 0 Å². The van der Waals surface area contributed by atoms with Gasteiger partial charge in [0, 0.05) is 36.2 Å². The summed E-state index contributed by atoms with van der Waals surface area (Å²) in [5.74, 6) is 0.322. The van der Waals surface area contributed by atoms with Gasteiger partial charge in [0.15, 0.2) is 0 Å². The van der Waals surface area contributed by atoms with Gasteiger partial charge in [-0.15, -0.1) is 0 Å². The predicted molar refractivity (Wildman–Crippen MR) is 117 cm³/mol. The first kappa shape index (κ1) is 18.9. The summed E-state index contributed by atoms with van der Waals surface area (Å²) >= 11 is 0. The lowest BCUT2D eigenvalue weighted by Crippen LogP contribution is -2.17. The van der Waals surface area contributed by atoms with Crippen LogP contribution in [-0.4, -0.2) is 29.0 Å². The van der Waals surface area contributed by atoms with Crippen molar-refractivity contribution < 1.29 is 4.79 Å². The molecule has 0 radical (unpaired) electrons. The monoisotopic (exact) mass is 387 g/mol. The number of benzene rings is 2. The highest BCUT2D eigenvalue weighted by Crippen LogP contribution is 2.23. The van der Waals surface area contributed by atoms with E-state index in [0.29, 0.717) is 11.5 Å². The van der Waals surface area contributed by atoms with Crippen LogP contribution in [0.4, 0.5) is 22.9 Å². The summed E-state index contributed by atoms with van der Waals surface area (Å²) in [5.41, 5.74) is 5.55. The molecule has 1 aromatic heterocycles.